The van der Waals surface area contributed by atoms with Crippen molar-refractivity contribution in [3.63, 3.8) is 0 Å². The largest absolute Gasteiger partial charge is 0.470 e. The molecule has 0 amide bonds. The van der Waals surface area contributed by atoms with Crippen molar-refractivity contribution in [1.29, 1.82) is 0 Å². The van der Waals surface area contributed by atoms with Crippen LogP contribution in [0.1, 0.15) is 53.4 Å². The summed E-state index contributed by atoms with van der Waals surface area (Å²) in [6, 6.07) is 4.31. The molecule has 0 aromatic carbocycles. The fraction of sp³-hybridized carbons (Fsp3) is 0.688. The highest BCUT2D eigenvalue weighted by molar-refractivity contribution is 5.54. The van der Waals surface area contributed by atoms with Gasteiger partial charge in [0.1, 0.15) is 11.4 Å². The molecule has 2 atom stereocenters. The van der Waals surface area contributed by atoms with E-state index >= 15 is 0 Å². The van der Waals surface area contributed by atoms with Gasteiger partial charge in [0.15, 0.2) is 0 Å². The van der Waals surface area contributed by atoms with E-state index in [2.05, 4.69) is 17.2 Å². The van der Waals surface area contributed by atoms with Gasteiger partial charge < -0.3 is 15.8 Å². The van der Waals surface area contributed by atoms with Crippen molar-refractivity contribution >= 4 is 11.5 Å². The number of nitrogens with two attached hydrogens (primary N) is 1. The van der Waals surface area contributed by atoms with Crippen LogP contribution in [0.4, 0.5) is 11.5 Å². The molecule has 4 nitrogen and oxygen atoms in total. The van der Waals surface area contributed by atoms with Gasteiger partial charge >= 0.3 is 0 Å². The molecule has 3 N–H and O–H groups in total. The predicted octanol–water partition coefficient (Wildman–Crippen LogP) is 3.83. The number of nitrogens with zero attached hydrogens (tertiary/aromatic N) is 1. The van der Waals surface area contributed by atoms with E-state index in [1.807, 2.05) is 32.9 Å². The van der Waals surface area contributed by atoms with E-state index in [0.717, 1.165) is 11.7 Å². The summed E-state index contributed by atoms with van der Waals surface area (Å²) in [6.07, 6.45) is 5.05. The number of hydrogen-bond donors (Lipinski definition) is 2. The van der Waals surface area contributed by atoms with Crippen LogP contribution < -0.4 is 15.8 Å². The van der Waals surface area contributed by atoms with Crippen LogP contribution in [-0.4, -0.2) is 16.6 Å². The monoisotopic (exact) mass is 277 g/mol. The van der Waals surface area contributed by atoms with Gasteiger partial charge in [0.25, 0.3) is 0 Å². The first kappa shape index (κ1) is 14.9. The first-order valence-electron chi connectivity index (χ1n) is 7.55. The van der Waals surface area contributed by atoms with Gasteiger partial charge in [0, 0.05) is 6.04 Å². The van der Waals surface area contributed by atoms with Crippen LogP contribution >= 0.6 is 0 Å². The summed E-state index contributed by atoms with van der Waals surface area (Å²) in [5.41, 5.74) is 6.23. The standard InChI is InChI=1S/C16H27N3O/c1-11-6-5-7-12(10-11)18-14-9-8-13(17)15(19-14)20-16(2,3)4/h8-9,11-12H,5-7,10,17H2,1-4H3,(H,18,19). The summed E-state index contributed by atoms with van der Waals surface area (Å²) in [7, 11) is 0. The molecule has 2 unspecified atom stereocenters. The van der Waals surface area contributed by atoms with Gasteiger partial charge in [-0.3, -0.25) is 0 Å². The molecule has 0 aliphatic heterocycles. The number of ether oxygens (including phenoxy) is 1. The number of aromatic nitrogens is 1. The van der Waals surface area contributed by atoms with Crippen molar-refractivity contribution in [1.82, 2.24) is 4.98 Å². The van der Waals surface area contributed by atoms with Crippen molar-refractivity contribution in [2.75, 3.05) is 11.1 Å². The molecule has 1 fully saturated rings. The molecule has 112 valence electrons. The maximum Gasteiger partial charge on any atom is 0.239 e. The Balaban J connectivity index is 2.07. The van der Waals surface area contributed by atoms with Gasteiger partial charge in [-0.2, -0.15) is 4.98 Å². The summed E-state index contributed by atoms with van der Waals surface area (Å²) in [4.78, 5) is 4.52. The molecular weight excluding hydrogens is 250 g/mol. The van der Waals surface area contributed by atoms with E-state index in [4.69, 9.17) is 10.5 Å². The zero-order chi connectivity index (χ0) is 14.8. The SMILES string of the molecule is CC1CCCC(Nc2ccc(N)c(OC(C)(C)C)n2)C1. The van der Waals surface area contributed by atoms with E-state index in [0.29, 0.717) is 17.6 Å². The molecule has 2 rings (SSSR count). The molecule has 1 aromatic heterocycles. The molecule has 4 heteroatoms. The fourth-order valence-electron chi connectivity index (χ4n) is 2.68. The quantitative estimate of drug-likeness (QED) is 0.881. The van der Waals surface area contributed by atoms with Gasteiger partial charge in [0.05, 0.1) is 5.69 Å². The maximum absolute atomic E-state index is 5.94. The lowest BCUT2D eigenvalue weighted by Crippen LogP contribution is -2.27. The number of nitrogens with one attached hydrogen (secondary N) is 1. The lowest BCUT2D eigenvalue weighted by molar-refractivity contribution is 0.125. The van der Waals surface area contributed by atoms with Crippen molar-refractivity contribution in [3.05, 3.63) is 12.1 Å². The number of rotatable bonds is 3. The smallest absolute Gasteiger partial charge is 0.239 e. The number of anilines is 2. The van der Waals surface area contributed by atoms with Crippen LogP contribution in [0.25, 0.3) is 0 Å². The van der Waals surface area contributed by atoms with Gasteiger partial charge in [0.2, 0.25) is 5.88 Å². The maximum atomic E-state index is 5.94. The Morgan fingerprint density at radius 1 is 1.30 bits per heavy atom. The van der Waals surface area contributed by atoms with Crippen molar-refractivity contribution in [3.8, 4) is 5.88 Å². The Morgan fingerprint density at radius 2 is 2.05 bits per heavy atom. The molecule has 20 heavy (non-hydrogen) atoms. The average Bonchev–Trinajstić information content (AvgIpc) is 2.32. The zero-order valence-corrected chi connectivity index (χ0v) is 13.1. The summed E-state index contributed by atoms with van der Waals surface area (Å²) in [5.74, 6) is 2.17. The molecule has 0 bridgehead atoms. The Kier molecular flexibility index (Phi) is 4.41. The third kappa shape index (κ3) is 4.29. The zero-order valence-electron chi connectivity index (χ0n) is 13.1. The molecule has 1 aromatic rings. The first-order chi connectivity index (χ1) is 9.33. The fourth-order valence-corrected chi connectivity index (χ4v) is 2.68. The normalized spacial score (nSPS) is 23.4. The molecule has 1 aliphatic rings. The van der Waals surface area contributed by atoms with E-state index < -0.39 is 0 Å². The Hall–Kier alpha value is -1.45. The lowest BCUT2D eigenvalue weighted by atomic mass is 9.87. The molecule has 0 spiro atoms. The van der Waals surface area contributed by atoms with Crippen LogP contribution in [0.15, 0.2) is 12.1 Å². The number of pyridine rings is 1. The summed E-state index contributed by atoms with van der Waals surface area (Å²) < 4.78 is 5.81. The lowest BCUT2D eigenvalue weighted by Gasteiger charge is -2.28. The van der Waals surface area contributed by atoms with E-state index in [-0.39, 0.29) is 5.60 Å². The van der Waals surface area contributed by atoms with Crippen LogP contribution in [0, 0.1) is 5.92 Å². The minimum atomic E-state index is -0.293. The predicted molar refractivity (Wildman–Crippen MR) is 84.1 cm³/mol. The van der Waals surface area contributed by atoms with Gasteiger partial charge in [-0.25, -0.2) is 0 Å². The second-order valence-electron chi connectivity index (χ2n) is 6.92. The average molecular weight is 277 g/mol. The Bertz CT molecular complexity index is 454. The highest BCUT2D eigenvalue weighted by Crippen LogP contribution is 2.28. The molecule has 1 heterocycles. The second-order valence-corrected chi connectivity index (χ2v) is 6.92. The topological polar surface area (TPSA) is 60.2 Å². The highest BCUT2D eigenvalue weighted by Gasteiger charge is 2.20. The Labute approximate surface area is 122 Å². The summed E-state index contributed by atoms with van der Waals surface area (Å²) in [5, 5.41) is 3.52. The van der Waals surface area contributed by atoms with Crippen LogP contribution in [0.2, 0.25) is 0 Å². The molecule has 0 saturated heterocycles. The minimum Gasteiger partial charge on any atom is -0.470 e. The van der Waals surface area contributed by atoms with Crippen molar-refractivity contribution < 1.29 is 4.74 Å². The third-order valence-electron chi connectivity index (χ3n) is 3.58. The molecule has 0 radical (unpaired) electrons. The van der Waals surface area contributed by atoms with Crippen LogP contribution in [-0.2, 0) is 0 Å². The minimum absolute atomic E-state index is 0.293. The van der Waals surface area contributed by atoms with Gasteiger partial charge in [-0.1, -0.05) is 19.8 Å². The van der Waals surface area contributed by atoms with E-state index in [1.54, 1.807) is 0 Å². The number of nitrogen functional groups attached to an aromatic ring is 1. The first-order valence-corrected chi connectivity index (χ1v) is 7.55. The van der Waals surface area contributed by atoms with E-state index in [9.17, 15) is 0 Å². The van der Waals surface area contributed by atoms with E-state index in [1.165, 1.54) is 25.7 Å². The molecule has 1 aliphatic carbocycles. The molecule has 1 saturated carbocycles. The van der Waals surface area contributed by atoms with Crippen molar-refractivity contribution in [2.45, 2.75) is 65.0 Å². The summed E-state index contributed by atoms with van der Waals surface area (Å²) >= 11 is 0. The Morgan fingerprint density at radius 3 is 2.70 bits per heavy atom. The number of hydrogen-bond acceptors (Lipinski definition) is 4. The second kappa shape index (κ2) is 5.90. The van der Waals surface area contributed by atoms with Gasteiger partial charge in [-0.05, 0) is 51.7 Å². The van der Waals surface area contributed by atoms with Gasteiger partial charge in [-0.15, -0.1) is 0 Å². The van der Waals surface area contributed by atoms with Crippen molar-refractivity contribution in [2.24, 2.45) is 5.92 Å². The van der Waals surface area contributed by atoms with Crippen LogP contribution in [0.3, 0.4) is 0 Å². The molecular formula is C16H27N3O. The highest BCUT2D eigenvalue weighted by atomic mass is 16.5. The summed E-state index contributed by atoms with van der Waals surface area (Å²) in [6.45, 7) is 8.31. The third-order valence-corrected chi connectivity index (χ3v) is 3.58. The van der Waals surface area contributed by atoms with Crippen LogP contribution in [0.5, 0.6) is 5.88 Å².